The number of aromatic nitrogens is 3. The first-order chi connectivity index (χ1) is 10.4. The summed E-state index contributed by atoms with van der Waals surface area (Å²) in [5.41, 5.74) is 2.02. The molecule has 5 heteroatoms. The fourth-order valence-electron chi connectivity index (χ4n) is 3.34. The van der Waals surface area contributed by atoms with Gasteiger partial charge in [-0.2, -0.15) is 0 Å². The second kappa shape index (κ2) is 5.73. The van der Waals surface area contributed by atoms with E-state index < -0.39 is 0 Å². The van der Waals surface area contributed by atoms with Crippen molar-refractivity contribution in [1.29, 1.82) is 0 Å². The predicted molar refractivity (Wildman–Crippen MR) is 79.1 cm³/mol. The number of ether oxygens (including phenoxy) is 2. The third-order valence-corrected chi connectivity index (χ3v) is 4.54. The number of hydrogen-bond acceptors (Lipinski definition) is 4. The van der Waals surface area contributed by atoms with Crippen LogP contribution in [0.5, 0.6) is 0 Å². The molecule has 21 heavy (non-hydrogen) atoms. The van der Waals surface area contributed by atoms with Crippen molar-refractivity contribution < 1.29 is 9.47 Å². The second-order valence-electron chi connectivity index (χ2n) is 6.15. The van der Waals surface area contributed by atoms with Crippen LogP contribution in [0.25, 0.3) is 11.2 Å². The Morgan fingerprint density at radius 2 is 1.95 bits per heavy atom. The van der Waals surface area contributed by atoms with Gasteiger partial charge in [-0.1, -0.05) is 0 Å². The molecular weight excluding hydrogens is 266 g/mol. The first kappa shape index (κ1) is 13.2. The van der Waals surface area contributed by atoms with E-state index in [1.54, 1.807) is 0 Å². The number of imidazole rings is 1. The number of rotatable bonds is 4. The minimum absolute atomic E-state index is 0.586. The molecule has 2 fully saturated rings. The van der Waals surface area contributed by atoms with Crippen LogP contribution in [0.2, 0.25) is 0 Å². The van der Waals surface area contributed by atoms with Crippen molar-refractivity contribution >= 4 is 11.2 Å². The van der Waals surface area contributed by atoms with E-state index in [1.165, 1.54) is 0 Å². The third kappa shape index (κ3) is 2.68. The van der Waals surface area contributed by atoms with Crippen LogP contribution in [0.1, 0.15) is 18.7 Å². The predicted octanol–water partition coefficient (Wildman–Crippen LogP) is 2.05. The largest absolute Gasteiger partial charge is 0.381 e. The summed E-state index contributed by atoms with van der Waals surface area (Å²) in [5, 5.41) is 0. The Kier molecular flexibility index (Phi) is 3.61. The minimum Gasteiger partial charge on any atom is -0.381 e. The number of nitrogens with zero attached hydrogens (tertiary/aromatic N) is 3. The molecule has 2 aromatic heterocycles. The van der Waals surface area contributed by atoms with E-state index in [4.69, 9.17) is 14.5 Å². The first-order valence-corrected chi connectivity index (χ1v) is 7.86. The summed E-state index contributed by atoms with van der Waals surface area (Å²) in [7, 11) is 0. The van der Waals surface area contributed by atoms with Crippen molar-refractivity contribution in [2.24, 2.45) is 11.8 Å². The molecule has 2 aliphatic rings. The van der Waals surface area contributed by atoms with Gasteiger partial charge in [-0.25, -0.2) is 9.97 Å². The average molecular weight is 287 g/mol. The van der Waals surface area contributed by atoms with Gasteiger partial charge in [0.2, 0.25) is 0 Å². The zero-order valence-corrected chi connectivity index (χ0v) is 12.2. The van der Waals surface area contributed by atoms with Gasteiger partial charge in [0.1, 0.15) is 11.3 Å². The molecule has 5 nitrogen and oxygen atoms in total. The van der Waals surface area contributed by atoms with Crippen LogP contribution in [-0.4, -0.2) is 41.0 Å². The maximum absolute atomic E-state index is 5.52. The molecule has 0 spiro atoms. The number of hydrogen-bond donors (Lipinski definition) is 0. The highest BCUT2D eigenvalue weighted by Crippen LogP contribution is 2.24. The molecule has 0 N–H and O–H groups in total. The van der Waals surface area contributed by atoms with Gasteiger partial charge in [-0.3, -0.25) is 0 Å². The van der Waals surface area contributed by atoms with Crippen LogP contribution in [0.4, 0.5) is 0 Å². The van der Waals surface area contributed by atoms with Crippen LogP contribution in [0.3, 0.4) is 0 Å². The Morgan fingerprint density at radius 1 is 1.14 bits per heavy atom. The van der Waals surface area contributed by atoms with E-state index in [2.05, 4.69) is 15.6 Å². The van der Waals surface area contributed by atoms with Crippen LogP contribution < -0.4 is 0 Å². The van der Waals surface area contributed by atoms with E-state index >= 15 is 0 Å². The Labute approximate surface area is 124 Å². The van der Waals surface area contributed by atoms with E-state index in [0.717, 1.165) is 69.2 Å². The van der Waals surface area contributed by atoms with Gasteiger partial charge >= 0.3 is 0 Å². The zero-order chi connectivity index (χ0) is 14.1. The lowest BCUT2D eigenvalue weighted by Gasteiger charge is -2.14. The molecule has 2 atom stereocenters. The molecule has 0 bridgehead atoms. The second-order valence-corrected chi connectivity index (χ2v) is 6.15. The topological polar surface area (TPSA) is 49.2 Å². The van der Waals surface area contributed by atoms with Gasteiger partial charge in [-0.05, 0) is 30.9 Å². The molecule has 0 aliphatic carbocycles. The van der Waals surface area contributed by atoms with Crippen LogP contribution in [0.15, 0.2) is 18.3 Å². The van der Waals surface area contributed by atoms with E-state index in [9.17, 15) is 0 Å². The molecule has 112 valence electrons. The molecule has 2 saturated heterocycles. The SMILES string of the molecule is c1cnc2c(c1)nc(CC1CCOC1)n2CC1CCOC1. The lowest BCUT2D eigenvalue weighted by molar-refractivity contribution is 0.181. The van der Waals surface area contributed by atoms with Gasteiger partial charge in [-0.15, -0.1) is 0 Å². The fourth-order valence-corrected chi connectivity index (χ4v) is 3.34. The monoisotopic (exact) mass is 287 g/mol. The van der Waals surface area contributed by atoms with E-state index in [1.807, 2.05) is 12.3 Å². The molecule has 0 radical (unpaired) electrons. The fraction of sp³-hybridized carbons (Fsp3) is 0.625. The molecule has 0 saturated carbocycles. The summed E-state index contributed by atoms with van der Waals surface area (Å²) >= 11 is 0. The maximum Gasteiger partial charge on any atom is 0.159 e. The van der Waals surface area contributed by atoms with Gasteiger partial charge in [0.15, 0.2) is 5.65 Å². The normalized spacial score (nSPS) is 25.9. The van der Waals surface area contributed by atoms with E-state index in [0.29, 0.717) is 11.8 Å². The van der Waals surface area contributed by atoms with E-state index in [-0.39, 0.29) is 0 Å². The molecule has 4 heterocycles. The summed E-state index contributed by atoms with van der Waals surface area (Å²) in [6, 6.07) is 4.01. The number of pyridine rings is 1. The molecule has 4 rings (SSSR count). The molecule has 2 aliphatic heterocycles. The lowest BCUT2D eigenvalue weighted by Crippen LogP contribution is -2.16. The summed E-state index contributed by atoms with van der Waals surface area (Å²) in [6.45, 7) is 4.47. The lowest BCUT2D eigenvalue weighted by atomic mass is 10.0. The van der Waals surface area contributed by atoms with Crippen LogP contribution in [0, 0.1) is 11.8 Å². The first-order valence-electron chi connectivity index (χ1n) is 7.86. The Hall–Kier alpha value is -1.46. The molecular formula is C16H21N3O2. The smallest absolute Gasteiger partial charge is 0.159 e. The minimum atomic E-state index is 0.586. The van der Waals surface area contributed by atoms with Crippen molar-refractivity contribution in [2.75, 3.05) is 26.4 Å². The zero-order valence-electron chi connectivity index (χ0n) is 12.2. The van der Waals surface area contributed by atoms with Crippen molar-refractivity contribution in [3.05, 3.63) is 24.2 Å². The summed E-state index contributed by atoms with van der Waals surface area (Å²) in [4.78, 5) is 9.37. The highest BCUT2D eigenvalue weighted by Gasteiger charge is 2.23. The summed E-state index contributed by atoms with van der Waals surface area (Å²) < 4.78 is 13.3. The quantitative estimate of drug-likeness (QED) is 0.863. The molecule has 2 aromatic rings. The van der Waals surface area contributed by atoms with Gasteiger partial charge < -0.3 is 14.0 Å². The highest BCUT2D eigenvalue weighted by molar-refractivity contribution is 5.71. The molecule has 2 unspecified atom stereocenters. The Balaban J connectivity index is 1.65. The van der Waals surface area contributed by atoms with Crippen LogP contribution in [-0.2, 0) is 22.4 Å². The average Bonchev–Trinajstić information content (AvgIpc) is 3.23. The molecule has 0 amide bonds. The van der Waals surface area contributed by atoms with Gasteiger partial charge in [0, 0.05) is 44.9 Å². The molecule has 0 aromatic carbocycles. The van der Waals surface area contributed by atoms with Crippen molar-refractivity contribution in [1.82, 2.24) is 14.5 Å². The van der Waals surface area contributed by atoms with Crippen molar-refractivity contribution in [3.63, 3.8) is 0 Å². The number of fused-ring (bicyclic) bond motifs is 1. The summed E-state index contributed by atoms with van der Waals surface area (Å²) in [5.74, 6) is 2.34. The van der Waals surface area contributed by atoms with Gasteiger partial charge in [0.05, 0.1) is 6.61 Å². The highest BCUT2D eigenvalue weighted by atomic mass is 16.5. The van der Waals surface area contributed by atoms with Crippen molar-refractivity contribution in [3.8, 4) is 0 Å². The van der Waals surface area contributed by atoms with Gasteiger partial charge in [0.25, 0.3) is 0 Å². The van der Waals surface area contributed by atoms with Crippen molar-refractivity contribution in [2.45, 2.75) is 25.8 Å². The third-order valence-electron chi connectivity index (χ3n) is 4.54. The Bertz CT molecular complexity index is 613. The standard InChI is InChI=1S/C16H21N3O2/c1-2-14-16(17-5-1)19(9-13-4-7-21-11-13)15(18-14)8-12-3-6-20-10-12/h1-2,5,12-13H,3-4,6-11H2. The Morgan fingerprint density at radius 3 is 2.71 bits per heavy atom. The summed E-state index contributed by atoms with van der Waals surface area (Å²) in [6.07, 6.45) is 5.12. The maximum atomic E-state index is 5.52. The van der Waals surface area contributed by atoms with Crippen LogP contribution >= 0.6 is 0 Å².